The Morgan fingerprint density at radius 1 is 1.11 bits per heavy atom. The molecule has 0 saturated carbocycles. The van der Waals surface area contributed by atoms with Gasteiger partial charge in [0.2, 0.25) is 5.91 Å². The molecule has 0 aliphatic rings. The van der Waals surface area contributed by atoms with Crippen LogP contribution in [-0.2, 0) is 16.0 Å². The van der Waals surface area contributed by atoms with Gasteiger partial charge in [-0.3, -0.25) is 9.59 Å². The van der Waals surface area contributed by atoms with Gasteiger partial charge >= 0.3 is 5.97 Å². The predicted octanol–water partition coefficient (Wildman–Crippen LogP) is 3.58. The molecule has 6 heteroatoms. The van der Waals surface area contributed by atoms with E-state index in [1.807, 2.05) is 31.2 Å². The number of rotatable bonds is 6. The highest BCUT2D eigenvalue weighted by Crippen LogP contribution is 2.17. The molecule has 0 atom stereocenters. The van der Waals surface area contributed by atoms with E-state index >= 15 is 0 Å². The molecule has 2 aromatic carbocycles. The number of nitrogens with one attached hydrogen (secondary N) is 2. The number of hydrogen-bond donors (Lipinski definition) is 2. The minimum absolute atomic E-state index is 0.123. The van der Waals surface area contributed by atoms with Crippen molar-refractivity contribution in [3.8, 4) is 0 Å². The Balaban J connectivity index is 1.71. The van der Waals surface area contributed by atoms with E-state index in [1.165, 1.54) is 0 Å². The number of pyridine rings is 1. The van der Waals surface area contributed by atoms with Crippen molar-refractivity contribution in [1.82, 2.24) is 4.98 Å². The second-order valence-corrected chi connectivity index (χ2v) is 6.53. The van der Waals surface area contributed by atoms with Crippen LogP contribution in [0.1, 0.15) is 34.8 Å². The molecule has 0 aliphatic carbocycles. The van der Waals surface area contributed by atoms with Crippen LogP contribution < -0.4 is 10.9 Å². The summed E-state index contributed by atoms with van der Waals surface area (Å²) in [6.07, 6.45) is 0.421. The first kappa shape index (κ1) is 19.4. The van der Waals surface area contributed by atoms with Crippen LogP contribution in [0.4, 0.5) is 5.69 Å². The highest BCUT2D eigenvalue weighted by molar-refractivity contribution is 6.01. The van der Waals surface area contributed by atoms with Gasteiger partial charge in [-0.1, -0.05) is 24.3 Å². The quantitative estimate of drug-likeness (QED) is 0.642. The van der Waals surface area contributed by atoms with Gasteiger partial charge in [0, 0.05) is 17.5 Å². The molecular weight excluding hydrogens is 356 g/mol. The first-order valence-corrected chi connectivity index (χ1v) is 9.16. The van der Waals surface area contributed by atoms with Crippen molar-refractivity contribution in [2.75, 3.05) is 11.9 Å². The SMILES string of the molecule is CCOC(=O)c1ccccc1NC(=O)CCc1cc2ccc(C)cc2[nH]c1=O. The van der Waals surface area contributed by atoms with Gasteiger partial charge in [-0.15, -0.1) is 0 Å². The van der Waals surface area contributed by atoms with Gasteiger partial charge in [0.1, 0.15) is 0 Å². The Hall–Kier alpha value is -3.41. The Morgan fingerprint density at radius 2 is 1.89 bits per heavy atom. The van der Waals surface area contributed by atoms with E-state index in [-0.39, 0.29) is 24.5 Å². The highest BCUT2D eigenvalue weighted by Gasteiger charge is 2.14. The lowest BCUT2D eigenvalue weighted by atomic mass is 10.1. The third-order valence-electron chi connectivity index (χ3n) is 4.40. The summed E-state index contributed by atoms with van der Waals surface area (Å²) in [5, 5.41) is 3.66. The van der Waals surface area contributed by atoms with Gasteiger partial charge in [-0.2, -0.15) is 0 Å². The monoisotopic (exact) mass is 378 g/mol. The van der Waals surface area contributed by atoms with Crippen LogP contribution >= 0.6 is 0 Å². The summed E-state index contributed by atoms with van der Waals surface area (Å²) in [4.78, 5) is 39.5. The summed E-state index contributed by atoms with van der Waals surface area (Å²) in [6.45, 7) is 3.94. The zero-order chi connectivity index (χ0) is 20.1. The largest absolute Gasteiger partial charge is 0.462 e. The number of fused-ring (bicyclic) bond motifs is 1. The number of aromatic amines is 1. The summed E-state index contributed by atoms with van der Waals surface area (Å²) in [6, 6.07) is 14.3. The molecule has 1 amide bonds. The van der Waals surface area contributed by atoms with E-state index < -0.39 is 5.97 Å². The van der Waals surface area contributed by atoms with Crippen LogP contribution in [0.25, 0.3) is 10.9 Å². The highest BCUT2D eigenvalue weighted by atomic mass is 16.5. The average Bonchev–Trinajstić information content (AvgIpc) is 2.67. The number of benzene rings is 2. The maximum atomic E-state index is 12.4. The van der Waals surface area contributed by atoms with E-state index in [0.717, 1.165) is 16.5 Å². The summed E-state index contributed by atoms with van der Waals surface area (Å²) in [5.74, 6) is -0.764. The first-order chi connectivity index (χ1) is 13.5. The second-order valence-electron chi connectivity index (χ2n) is 6.53. The molecule has 0 fully saturated rings. The molecule has 6 nitrogen and oxygen atoms in total. The van der Waals surface area contributed by atoms with Crippen molar-refractivity contribution in [2.24, 2.45) is 0 Å². The van der Waals surface area contributed by atoms with Crippen molar-refractivity contribution in [2.45, 2.75) is 26.7 Å². The standard InChI is InChI=1S/C22H22N2O4/c1-3-28-22(27)17-6-4-5-7-18(17)23-20(25)11-10-16-13-15-9-8-14(2)12-19(15)24-21(16)26/h4-9,12-13H,3,10-11H2,1-2H3,(H,23,25)(H,24,26). The number of ether oxygens (including phenoxy) is 1. The van der Waals surface area contributed by atoms with Crippen LogP contribution in [0.5, 0.6) is 0 Å². The van der Waals surface area contributed by atoms with Crippen molar-refractivity contribution < 1.29 is 14.3 Å². The fourth-order valence-corrected chi connectivity index (χ4v) is 2.99. The Labute approximate surface area is 162 Å². The maximum absolute atomic E-state index is 12.4. The second kappa shape index (κ2) is 8.52. The molecule has 2 N–H and O–H groups in total. The van der Waals surface area contributed by atoms with Crippen molar-refractivity contribution in [1.29, 1.82) is 0 Å². The fourth-order valence-electron chi connectivity index (χ4n) is 2.99. The summed E-state index contributed by atoms with van der Waals surface area (Å²) in [5.41, 5.74) is 2.89. The summed E-state index contributed by atoms with van der Waals surface area (Å²) >= 11 is 0. The number of hydrogen-bond acceptors (Lipinski definition) is 4. The van der Waals surface area contributed by atoms with E-state index in [4.69, 9.17) is 4.74 Å². The number of H-pyrrole nitrogens is 1. The molecule has 28 heavy (non-hydrogen) atoms. The zero-order valence-electron chi connectivity index (χ0n) is 15.9. The third kappa shape index (κ3) is 4.46. The smallest absolute Gasteiger partial charge is 0.340 e. The van der Waals surface area contributed by atoms with Crippen LogP contribution in [0.2, 0.25) is 0 Å². The molecular formula is C22H22N2O4. The number of anilines is 1. The fraction of sp³-hybridized carbons (Fsp3) is 0.227. The molecule has 1 aromatic heterocycles. The maximum Gasteiger partial charge on any atom is 0.340 e. The number of aryl methyl sites for hydroxylation is 2. The lowest BCUT2D eigenvalue weighted by molar-refractivity contribution is -0.116. The molecule has 0 radical (unpaired) electrons. The molecule has 0 spiro atoms. The number of para-hydroxylation sites is 1. The van der Waals surface area contributed by atoms with Gasteiger partial charge in [0.05, 0.1) is 17.9 Å². The number of carbonyl (C=O) groups excluding carboxylic acids is 2. The van der Waals surface area contributed by atoms with Crippen molar-refractivity contribution >= 4 is 28.5 Å². The van der Waals surface area contributed by atoms with E-state index in [0.29, 0.717) is 23.2 Å². The summed E-state index contributed by atoms with van der Waals surface area (Å²) in [7, 11) is 0. The van der Waals surface area contributed by atoms with Gasteiger partial charge in [0.15, 0.2) is 0 Å². The molecule has 1 heterocycles. The van der Waals surface area contributed by atoms with Crippen LogP contribution in [0, 0.1) is 6.92 Å². The number of amides is 1. The Bertz CT molecular complexity index is 1090. The first-order valence-electron chi connectivity index (χ1n) is 9.16. The number of esters is 1. The zero-order valence-corrected chi connectivity index (χ0v) is 15.9. The molecule has 0 saturated heterocycles. The van der Waals surface area contributed by atoms with Crippen molar-refractivity contribution in [3.63, 3.8) is 0 Å². The van der Waals surface area contributed by atoms with Gasteiger partial charge in [-0.25, -0.2) is 4.79 Å². The van der Waals surface area contributed by atoms with Crippen LogP contribution in [-0.4, -0.2) is 23.5 Å². The minimum Gasteiger partial charge on any atom is -0.462 e. The molecule has 3 aromatic rings. The lowest BCUT2D eigenvalue weighted by Gasteiger charge is -2.10. The number of aromatic nitrogens is 1. The van der Waals surface area contributed by atoms with E-state index in [2.05, 4.69) is 10.3 Å². The Morgan fingerprint density at radius 3 is 2.68 bits per heavy atom. The lowest BCUT2D eigenvalue weighted by Crippen LogP contribution is -2.18. The van der Waals surface area contributed by atoms with Crippen LogP contribution in [0.3, 0.4) is 0 Å². The summed E-state index contributed by atoms with van der Waals surface area (Å²) < 4.78 is 5.01. The van der Waals surface area contributed by atoms with Gasteiger partial charge in [-0.05, 0) is 55.5 Å². The van der Waals surface area contributed by atoms with Crippen molar-refractivity contribution in [3.05, 3.63) is 75.6 Å². The molecule has 0 aliphatic heterocycles. The predicted molar refractivity (Wildman–Crippen MR) is 109 cm³/mol. The topological polar surface area (TPSA) is 88.3 Å². The normalized spacial score (nSPS) is 10.6. The van der Waals surface area contributed by atoms with E-state index in [9.17, 15) is 14.4 Å². The molecule has 3 rings (SSSR count). The van der Waals surface area contributed by atoms with Crippen LogP contribution in [0.15, 0.2) is 53.3 Å². The Kier molecular flexibility index (Phi) is 5.89. The number of carbonyl (C=O) groups is 2. The third-order valence-corrected chi connectivity index (χ3v) is 4.40. The molecule has 0 bridgehead atoms. The van der Waals surface area contributed by atoms with Gasteiger partial charge in [0.25, 0.3) is 5.56 Å². The van der Waals surface area contributed by atoms with Gasteiger partial charge < -0.3 is 15.0 Å². The minimum atomic E-state index is -0.486. The van der Waals surface area contributed by atoms with E-state index in [1.54, 1.807) is 31.2 Å². The average molecular weight is 378 g/mol. The molecule has 144 valence electrons. The molecule has 0 unspecified atom stereocenters.